The van der Waals surface area contributed by atoms with Crippen LogP contribution in [0.3, 0.4) is 0 Å². The van der Waals surface area contributed by atoms with Crippen molar-refractivity contribution in [3.63, 3.8) is 0 Å². The van der Waals surface area contributed by atoms with Crippen LogP contribution in [0.25, 0.3) is 0 Å². The van der Waals surface area contributed by atoms with E-state index in [2.05, 4.69) is 0 Å². The van der Waals surface area contributed by atoms with Crippen molar-refractivity contribution in [2.45, 2.75) is 70.7 Å². The Labute approximate surface area is 102 Å². The Bertz CT molecular complexity index is 255. The lowest BCUT2D eigenvalue weighted by Gasteiger charge is -2.36. The van der Waals surface area contributed by atoms with Crippen molar-refractivity contribution >= 4 is 5.78 Å². The zero-order valence-corrected chi connectivity index (χ0v) is 10.6. The predicted octanol–water partition coefficient (Wildman–Crippen LogP) is 0.617. The predicted molar refractivity (Wildman–Crippen MR) is 61.4 cm³/mol. The third kappa shape index (κ3) is 4.71. The number of Topliss-reactive ketones (excluding diaryl/α,β-unsaturated/α-hetero) is 1. The molecule has 1 heterocycles. The average molecular weight is 246 g/mol. The van der Waals surface area contributed by atoms with Crippen molar-refractivity contribution < 1.29 is 24.5 Å². The summed E-state index contributed by atoms with van der Waals surface area (Å²) in [5.41, 5.74) is 0. The summed E-state index contributed by atoms with van der Waals surface area (Å²) >= 11 is 0. The molecule has 2 N–H and O–H groups in total. The van der Waals surface area contributed by atoms with Gasteiger partial charge in [0.25, 0.3) is 0 Å². The number of ether oxygens (including phenoxy) is 2. The standard InChI is InChI=1S/C12H22O5/c1-7(13)4-5-8(2)16-12-11(15)6-10(14)9(3)17-12/h8-12,14-15H,4-6H2,1-3H3/t8-,9?,10-,11?,12-/m1/s1. The number of hydrogen-bond donors (Lipinski definition) is 2. The molecule has 1 rings (SSSR count). The number of aliphatic hydroxyl groups excluding tert-OH is 2. The van der Waals surface area contributed by atoms with Crippen LogP contribution in [0, 0.1) is 0 Å². The minimum atomic E-state index is -0.819. The molecule has 5 nitrogen and oxygen atoms in total. The molecule has 1 saturated heterocycles. The van der Waals surface area contributed by atoms with Crippen molar-refractivity contribution in [3.05, 3.63) is 0 Å². The molecule has 1 fully saturated rings. The van der Waals surface area contributed by atoms with Gasteiger partial charge in [0, 0.05) is 12.8 Å². The molecule has 0 aromatic carbocycles. The highest BCUT2D eigenvalue weighted by Crippen LogP contribution is 2.22. The fourth-order valence-corrected chi connectivity index (χ4v) is 1.77. The van der Waals surface area contributed by atoms with Gasteiger partial charge < -0.3 is 24.5 Å². The molecule has 0 spiro atoms. The van der Waals surface area contributed by atoms with Gasteiger partial charge in [0.1, 0.15) is 11.9 Å². The van der Waals surface area contributed by atoms with Crippen LogP contribution in [-0.4, -0.2) is 46.7 Å². The zero-order chi connectivity index (χ0) is 13.0. The smallest absolute Gasteiger partial charge is 0.184 e. The molecule has 1 aliphatic rings. The SMILES string of the molecule is CC(=O)CC[C@@H](C)O[C@@H]1OC(C)[C@H](O)CC1O. The highest BCUT2D eigenvalue weighted by atomic mass is 16.7. The molecule has 0 radical (unpaired) electrons. The Morgan fingerprint density at radius 3 is 2.71 bits per heavy atom. The van der Waals surface area contributed by atoms with Crippen LogP contribution in [0.15, 0.2) is 0 Å². The van der Waals surface area contributed by atoms with Crippen molar-refractivity contribution in [2.24, 2.45) is 0 Å². The van der Waals surface area contributed by atoms with Gasteiger partial charge in [-0.2, -0.15) is 0 Å². The number of aliphatic hydroxyl groups is 2. The van der Waals surface area contributed by atoms with Gasteiger partial charge in [-0.05, 0) is 27.2 Å². The van der Waals surface area contributed by atoms with E-state index >= 15 is 0 Å². The van der Waals surface area contributed by atoms with E-state index < -0.39 is 18.5 Å². The fourth-order valence-electron chi connectivity index (χ4n) is 1.77. The van der Waals surface area contributed by atoms with Crippen LogP contribution < -0.4 is 0 Å². The van der Waals surface area contributed by atoms with Gasteiger partial charge in [-0.3, -0.25) is 0 Å². The molecular weight excluding hydrogens is 224 g/mol. The van der Waals surface area contributed by atoms with E-state index in [1.54, 1.807) is 6.92 Å². The number of hydrogen-bond acceptors (Lipinski definition) is 5. The van der Waals surface area contributed by atoms with Crippen LogP contribution in [0.4, 0.5) is 0 Å². The summed E-state index contributed by atoms with van der Waals surface area (Å²) in [4.78, 5) is 10.8. The molecule has 0 saturated carbocycles. The molecule has 5 heteroatoms. The van der Waals surface area contributed by atoms with Crippen molar-refractivity contribution in [2.75, 3.05) is 0 Å². The molecule has 0 amide bonds. The van der Waals surface area contributed by atoms with Gasteiger partial charge in [-0.1, -0.05) is 0 Å². The van der Waals surface area contributed by atoms with Gasteiger partial charge >= 0.3 is 0 Å². The maximum Gasteiger partial charge on any atom is 0.184 e. The van der Waals surface area contributed by atoms with Crippen LogP contribution in [0.5, 0.6) is 0 Å². The maximum absolute atomic E-state index is 10.8. The number of ketones is 1. The van der Waals surface area contributed by atoms with Crippen LogP contribution in [0.2, 0.25) is 0 Å². The lowest BCUT2D eigenvalue weighted by atomic mass is 10.0. The number of carbonyl (C=O) groups excluding carboxylic acids is 1. The van der Waals surface area contributed by atoms with E-state index in [0.717, 1.165) is 0 Å². The Morgan fingerprint density at radius 2 is 2.12 bits per heavy atom. The summed E-state index contributed by atoms with van der Waals surface area (Å²) in [5.74, 6) is 0.120. The largest absolute Gasteiger partial charge is 0.390 e. The molecule has 0 aromatic rings. The molecule has 17 heavy (non-hydrogen) atoms. The first-order valence-electron chi connectivity index (χ1n) is 6.06. The fraction of sp³-hybridized carbons (Fsp3) is 0.917. The molecule has 5 atom stereocenters. The van der Waals surface area contributed by atoms with Gasteiger partial charge in [0.15, 0.2) is 6.29 Å². The monoisotopic (exact) mass is 246 g/mol. The molecule has 100 valence electrons. The van der Waals surface area contributed by atoms with Crippen LogP contribution in [0.1, 0.15) is 40.0 Å². The van der Waals surface area contributed by atoms with Gasteiger partial charge in [-0.25, -0.2) is 0 Å². The van der Waals surface area contributed by atoms with E-state index in [1.165, 1.54) is 6.92 Å². The summed E-state index contributed by atoms with van der Waals surface area (Å²) in [6.45, 7) is 5.12. The Hall–Kier alpha value is -0.490. The summed E-state index contributed by atoms with van der Waals surface area (Å²) in [5, 5.41) is 19.2. The quantitative estimate of drug-likeness (QED) is 0.743. The topological polar surface area (TPSA) is 76.0 Å². The van der Waals surface area contributed by atoms with Crippen molar-refractivity contribution in [3.8, 4) is 0 Å². The molecule has 0 aromatic heterocycles. The van der Waals surface area contributed by atoms with Gasteiger partial charge in [-0.15, -0.1) is 0 Å². The molecule has 0 aliphatic carbocycles. The summed E-state index contributed by atoms with van der Waals surface area (Å²) < 4.78 is 10.9. The summed E-state index contributed by atoms with van der Waals surface area (Å²) in [6.07, 6.45) is -1.36. The third-order valence-corrected chi connectivity index (χ3v) is 2.96. The van der Waals surface area contributed by atoms with E-state index in [0.29, 0.717) is 12.8 Å². The van der Waals surface area contributed by atoms with Gasteiger partial charge in [0.05, 0.1) is 18.3 Å². The highest BCUT2D eigenvalue weighted by molar-refractivity contribution is 5.75. The van der Waals surface area contributed by atoms with E-state index in [4.69, 9.17) is 9.47 Å². The van der Waals surface area contributed by atoms with Crippen molar-refractivity contribution in [1.82, 2.24) is 0 Å². The minimum Gasteiger partial charge on any atom is -0.390 e. The molecule has 0 bridgehead atoms. The van der Waals surface area contributed by atoms with E-state index in [-0.39, 0.29) is 24.4 Å². The second-order valence-corrected chi connectivity index (χ2v) is 4.77. The second kappa shape index (κ2) is 6.44. The average Bonchev–Trinajstić information content (AvgIpc) is 2.23. The Kier molecular flexibility index (Phi) is 5.52. The van der Waals surface area contributed by atoms with Gasteiger partial charge in [0.2, 0.25) is 0 Å². The third-order valence-electron chi connectivity index (χ3n) is 2.96. The molecule has 2 unspecified atom stereocenters. The summed E-state index contributed by atoms with van der Waals surface area (Å²) in [7, 11) is 0. The second-order valence-electron chi connectivity index (χ2n) is 4.77. The van der Waals surface area contributed by atoms with E-state index in [1.807, 2.05) is 6.92 Å². The van der Waals surface area contributed by atoms with Crippen LogP contribution >= 0.6 is 0 Å². The number of rotatable bonds is 5. The Balaban J connectivity index is 2.37. The Morgan fingerprint density at radius 1 is 1.47 bits per heavy atom. The molecule has 1 aliphatic heterocycles. The van der Waals surface area contributed by atoms with Crippen molar-refractivity contribution in [1.29, 1.82) is 0 Å². The van der Waals surface area contributed by atoms with Crippen LogP contribution in [-0.2, 0) is 14.3 Å². The summed E-state index contributed by atoms with van der Waals surface area (Å²) in [6, 6.07) is 0. The normalized spacial score (nSPS) is 35.6. The first-order valence-corrected chi connectivity index (χ1v) is 6.06. The number of carbonyl (C=O) groups is 1. The zero-order valence-electron chi connectivity index (χ0n) is 10.6. The minimum absolute atomic E-state index is 0.120. The van der Waals surface area contributed by atoms with E-state index in [9.17, 15) is 15.0 Å². The first-order chi connectivity index (χ1) is 7.90. The first kappa shape index (κ1) is 14.6. The maximum atomic E-state index is 10.8. The lowest BCUT2D eigenvalue weighted by Crippen LogP contribution is -2.48. The molecular formula is C12H22O5. The highest BCUT2D eigenvalue weighted by Gasteiger charge is 2.35. The lowest BCUT2D eigenvalue weighted by molar-refractivity contribution is -0.273.